The minimum atomic E-state index is -2.49. The number of fused-ring (bicyclic) bond motifs is 2. The maximum atomic E-state index is 15.3. The van der Waals surface area contributed by atoms with Gasteiger partial charge in [-0.05, 0) is 35.4 Å². The van der Waals surface area contributed by atoms with Gasteiger partial charge < -0.3 is 0 Å². The molecule has 0 fully saturated rings. The molecule has 0 nitrogen and oxygen atoms in total. The summed E-state index contributed by atoms with van der Waals surface area (Å²) in [6.07, 6.45) is 0. The highest BCUT2D eigenvalue weighted by atomic mass is 19.2. The first-order valence-electron chi connectivity index (χ1n) is 10.2. The molecule has 0 aromatic heterocycles. The molecule has 0 unspecified atom stereocenters. The van der Waals surface area contributed by atoms with Gasteiger partial charge in [-0.15, -0.1) is 0 Å². The highest BCUT2D eigenvalue weighted by Gasteiger charge is 2.33. The Morgan fingerprint density at radius 2 is 0.553 bits per heavy atom. The van der Waals surface area contributed by atoms with E-state index in [2.05, 4.69) is 0 Å². The van der Waals surface area contributed by atoms with Crippen molar-refractivity contribution in [3.63, 3.8) is 0 Å². The van der Waals surface area contributed by atoms with Gasteiger partial charge in [0.15, 0.2) is 69.8 Å². The van der Waals surface area contributed by atoms with E-state index in [0.29, 0.717) is 24.3 Å². The fourth-order valence-corrected chi connectivity index (χ4v) is 4.33. The Labute approximate surface area is 203 Å². The van der Waals surface area contributed by atoms with E-state index in [4.69, 9.17) is 0 Å². The largest absolute Gasteiger partial charge is 0.204 e. The van der Waals surface area contributed by atoms with Crippen LogP contribution in [0.5, 0.6) is 0 Å². The van der Waals surface area contributed by atoms with Crippen molar-refractivity contribution < 1.29 is 52.7 Å². The fourth-order valence-electron chi connectivity index (χ4n) is 4.33. The first-order chi connectivity index (χ1) is 17.9. The zero-order valence-electron chi connectivity index (χ0n) is 18.0. The minimum Gasteiger partial charge on any atom is -0.204 e. The predicted octanol–water partition coefficient (Wildman–Crippen LogP) is 9.00. The van der Waals surface area contributed by atoms with Crippen LogP contribution in [-0.4, -0.2) is 0 Å². The van der Waals surface area contributed by atoms with Crippen molar-refractivity contribution in [1.82, 2.24) is 0 Å². The molecule has 0 amide bonds. The van der Waals surface area contributed by atoms with Crippen molar-refractivity contribution in [2.75, 3.05) is 0 Å². The maximum absolute atomic E-state index is 15.3. The molecule has 0 atom stereocenters. The Balaban J connectivity index is 2.23. The summed E-state index contributed by atoms with van der Waals surface area (Å²) in [6.45, 7) is 0. The number of halogens is 12. The van der Waals surface area contributed by atoms with E-state index >= 15 is 17.6 Å². The molecule has 0 heterocycles. The van der Waals surface area contributed by atoms with Gasteiger partial charge in [-0.3, -0.25) is 0 Å². The zero-order valence-corrected chi connectivity index (χ0v) is 18.0. The SMILES string of the molecule is Fc1ccc(-c2c3c(F)c(F)c(F)c(F)c3c(-c3ccc(F)c(F)c3)c3c(F)c(F)c(F)c(F)c23)cc1F. The van der Waals surface area contributed by atoms with Gasteiger partial charge in [0.1, 0.15) is 0 Å². The lowest BCUT2D eigenvalue weighted by Gasteiger charge is -2.20. The van der Waals surface area contributed by atoms with Crippen molar-refractivity contribution in [2.24, 2.45) is 0 Å². The number of rotatable bonds is 2. The number of benzene rings is 5. The van der Waals surface area contributed by atoms with Crippen LogP contribution in [0.1, 0.15) is 0 Å². The standard InChI is InChI=1S/C26H6F12/c27-9-3-1-7(5-11(9)29)13-15-17(21(33)25(37)23(35)19(15)31)14(8-2-4-10(28)12(30)6-8)18-16(13)20(32)24(36)26(38)22(18)34/h1-6H. The van der Waals surface area contributed by atoms with E-state index in [1.54, 1.807) is 0 Å². The normalized spacial score (nSPS) is 11.7. The van der Waals surface area contributed by atoms with Crippen molar-refractivity contribution in [2.45, 2.75) is 0 Å². The number of hydrogen-bond acceptors (Lipinski definition) is 0. The molecule has 0 radical (unpaired) electrons. The van der Waals surface area contributed by atoms with Gasteiger partial charge in [-0.25, -0.2) is 52.7 Å². The lowest BCUT2D eigenvalue weighted by Crippen LogP contribution is -2.07. The van der Waals surface area contributed by atoms with Crippen LogP contribution < -0.4 is 0 Å². The van der Waals surface area contributed by atoms with Gasteiger partial charge in [-0.1, -0.05) is 12.1 Å². The third kappa shape index (κ3) is 3.42. The summed E-state index contributed by atoms with van der Waals surface area (Å²) in [5.74, 6) is -25.4. The van der Waals surface area contributed by atoms with Gasteiger partial charge in [0.25, 0.3) is 0 Å². The summed E-state index contributed by atoms with van der Waals surface area (Å²) in [7, 11) is 0. The smallest absolute Gasteiger partial charge is 0.198 e. The molecule has 0 aliphatic carbocycles. The molecule has 0 saturated carbocycles. The van der Waals surface area contributed by atoms with Crippen LogP contribution in [0.4, 0.5) is 52.7 Å². The van der Waals surface area contributed by atoms with E-state index in [9.17, 15) is 35.1 Å². The minimum absolute atomic E-state index is 0.248. The van der Waals surface area contributed by atoms with E-state index in [0.717, 1.165) is 0 Å². The summed E-state index contributed by atoms with van der Waals surface area (Å²) in [4.78, 5) is 0. The van der Waals surface area contributed by atoms with Crippen molar-refractivity contribution in [3.05, 3.63) is 106 Å². The van der Waals surface area contributed by atoms with Crippen LogP contribution in [0.2, 0.25) is 0 Å². The highest BCUT2D eigenvalue weighted by Crippen LogP contribution is 2.49. The average Bonchev–Trinajstić information content (AvgIpc) is 2.89. The summed E-state index contributed by atoms with van der Waals surface area (Å²) in [5, 5.41) is -5.76. The average molecular weight is 546 g/mol. The third-order valence-electron chi connectivity index (χ3n) is 5.95. The predicted molar refractivity (Wildman–Crippen MR) is 112 cm³/mol. The molecule has 5 aromatic carbocycles. The van der Waals surface area contributed by atoms with Crippen LogP contribution in [0.3, 0.4) is 0 Å². The molecular weight excluding hydrogens is 540 g/mol. The summed E-state index contributed by atoms with van der Waals surface area (Å²) in [5.41, 5.74) is -4.06. The van der Waals surface area contributed by atoms with Gasteiger partial charge >= 0.3 is 0 Å². The Hall–Kier alpha value is -4.22. The van der Waals surface area contributed by atoms with E-state index in [1.807, 2.05) is 0 Å². The molecule has 0 bridgehead atoms. The Morgan fingerprint density at radius 3 is 0.789 bits per heavy atom. The quantitative estimate of drug-likeness (QED) is 0.0898. The van der Waals surface area contributed by atoms with Crippen LogP contribution in [0.15, 0.2) is 36.4 Å². The molecule has 5 aromatic rings. The lowest BCUT2D eigenvalue weighted by molar-refractivity contribution is 0.416. The molecule has 12 heteroatoms. The second kappa shape index (κ2) is 8.67. The fraction of sp³-hybridized carbons (Fsp3) is 0. The Bertz CT molecular complexity index is 1630. The molecule has 0 N–H and O–H groups in total. The van der Waals surface area contributed by atoms with E-state index in [-0.39, 0.29) is 12.1 Å². The van der Waals surface area contributed by atoms with E-state index < -0.39 is 114 Å². The molecule has 0 saturated heterocycles. The maximum Gasteiger partial charge on any atom is 0.198 e. The molecule has 5 rings (SSSR count). The summed E-state index contributed by atoms with van der Waals surface area (Å²) in [6, 6.07) is 2.51. The molecule has 0 spiro atoms. The molecule has 38 heavy (non-hydrogen) atoms. The second-order valence-electron chi connectivity index (χ2n) is 8.02. The summed E-state index contributed by atoms with van der Waals surface area (Å²) >= 11 is 0. The van der Waals surface area contributed by atoms with Crippen LogP contribution >= 0.6 is 0 Å². The zero-order chi connectivity index (χ0) is 27.8. The van der Waals surface area contributed by atoms with Gasteiger partial charge in [0, 0.05) is 32.7 Å². The van der Waals surface area contributed by atoms with Crippen molar-refractivity contribution in [3.8, 4) is 22.3 Å². The van der Waals surface area contributed by atoms with Crippen molar-refractivity contribution >= 4 is 21.5 Å². The lowest BCUT2D eigenvalue weighted by atomic mass is 9.84. The van der Waals surface area contributed by atoms with E-state index in [1.165, 1.54) is 0 Å². The molecule has 0 aliphatic rings. The molecular formula is C26H6F12. The van der Waals surface area contributed by atoms with Crippen LogP contribution in [0.25, 0.3) is 43.8 Å². The summed E-state index contributed by atoms with van der Waals surface area (Å²) < 4.78 is 174. The number of hydrogen-bond donors (Lipinski definition) is 0. The Morgan fingerprint density at radius 1 is 0.289 bits per heavy atom. The van der Waals surface area contributed by atoms with Gasteiger partial charge in [0.2, 0.25) is 0 Å². The van der Waals surface area contributed by atoms with Gasteiger partial charge in [-0.2, -0.15) is 0 Å². The van der Waals surface area contributed by atoms with Crippen LogP contribution in [-0.2, 0) is 0 Å². The first-order valence-corrected chi connectivity index (χ1v) is 10.2. The third-order valence-corrected chi connectivity index (χ3v) is 5.95. The highest BCUT2D eigenvalue weighted by molar-refractivity contribution is 6.22. The monoisotopic (exact) mass is 546 g/mol. The molecule has 0 aliphatic heterocycles. The van der Waals surface area contributed by atoms with Crippen LogP contribution in [0, 0.1) is 69.8 Å². The van der Waals surface area contributed by atoms with Gasteiger partial charge in [0.05, 0.1) is 0 Å². The second-order valence-corrected chi connectivity index (χ2v) is 8.02. The topological polar surface area (TPSA) is 0 Å². The Kier molecular flexibility index (Phi) is 5.80. The van der Waals surface area contributed by atoms with Crippen molar-refractivity contribution in [1.29, 1.82) is 0 Å². The molecule has 194 valence electrons. The first kappa shape index (κ1) is 25.4.